The predicted molar refractivity (Wildman–Crippen MR) is 147 cm³/mol. The molecule has 2 aliphatic heterocycles. The van der Waals surface area contributed by atoms with Crippen molar-refractivity contribution < 1.29 is 21.6 Å². The Hall–Kier alpha value is -2.32. The van der Waals surface area contributed by atoms with Crippen LogP contribution < -0.4 is 10.6 Å². The van der Waals surface area contributed by atoms with E-state index in [0.717, 1.165) is 50.2 Å². The molecule has 3 aromatic rings. The van der Waals surface area contributed by atoms with E-state index in [1.165, 1.54) is 24.2 Å². The van der Waals surface area contributed by atoms with Crippen molar-refractivity contribution in [1.82, 2.24) is 24.5 Å². The lowest BCUT2D eigenvalue weighted by atomic mass is 9.97. The van der Waals surface area contributed by atoms with Crippen LogP contribution in [0.2, 0.25) is 0 Å². The van der Waals surface area contributed by atoms with Crippen molar-refractivity contribution >= 4 is 37.4 Å². The van der Waals surface area contributed by atoms with Crippen molar-refractivity contribution in [2.75, 3.05) is 37.8 Å². The van der Waals surface area contributed by atoms with Crippen molar-refractivity contribution in [3.8, 4) is 0 Å². The highest BCUT2D eigenvalue weighted by Crippen LogP contribution is 2.33. The topological polar surface area (TPSA) is 90.5 Å². The van der Waals surface area contributed by atoms with Gasteiger partial charge < -0.3 is 10.6 Å². The Morgan fingerprint density at radius 2 is 1.90 bits per heavy atom. The fraction of sp³-hybridized carbons (Fsp3) is 0.538. The zero-order chi connectivity index (χ0) is 27.6. The molecule has 8 nitrogen and oxygen atoms in total. The molecule has 3 unspecified atom stereocenters. The van der Waals surface area contributed by atoms with E-state index in [9.17, 15) is 21.6 Å². The van der Waals surface area contributed by atoms with Crippen LogP contribution in [0, 0.1) is 0 Å². The van der Waals surface area contributed by atoms with Gasteiger partial charge in [0.25, 0.3) is 0 Å². The van der Waals surface area contributed by atoms with Gasteiger partial charge in [-0.3, -0.25) is 4.90 Å². The van der Waals surface area contributed by atoms with Gasteiger partial charge in [0.1, 0.15) is 17.0 Å². The van der Waals surface area contributed by atoms with Gasteiger partial charge in [-0.25, -0.2) is 18.4 Å². The summed E-state index contributed by atoms with van der Waals surface area (Å²) in [6, 6.07) is 11.6. The average molecular weight is 583 g/mol. The Kier molecular flexibility index (Phi) is 8.43. The second kappa shape index (κ2) is 11.7. The summed E-state index contributed by atoms with van der Waals surface area (Å²) in [5, 5.41) is 7.73. The zero-order valence-electron chi connectivity index (χ0n) is 21.7. The van der Waals surface area contributed by atoms with Crippen LogP contribution in [0.1, 0.15) is 29.7 Å². The van der Waals surface area contributed by atoms with E-state index in [1.54, 1.807) is 4.31 Å². The normalized spacial score (nSPS) is 23.4. The maximum atomic E-state index is 13.0. The van der Waals surface area contributed by atoms with Gasteiger partial charge in [-0.2, -0.15) is 17.5 Å². The Bertz CT molecular complexity index is 1370. The number of hydrogen-bond donors (Lipinski definition) is 2. The Balaban J connectivity index is 1.34. The number of nitrogens with one attached hydrogen (secondary N) is 2. The fourth-order valence-electron chi connectivity index (χ4n) is 5.60. The van der Waals surface area contributed by atoms with E-state index in [-0.39, 0.29) is 23.0 Å². The first-order valence-electron chi connectivity index (χ1n) is 13.1. The van der Waals surface area contributed by atoms with Crippen LogP contribution in [0.5, 0.6) is 0 Å². The Morgan fingerprint density at radius 3 is 2.64 bits per heavy atom. The molecule has 2 aliphatic rings. The minimum absolute atomic E-state index is 0.0252. The van der Waals surface area contributed by atoms with E-state index < -0.39 is 22.6 Å². The third-order valence-electron chi connectivity index (χ3n) is 7.39. The molecule has 2 saturated heterocycles. The molecule has 0 aliphatic carbocycles. The number of fused-ring (bicyclic) bond motifs is 1. The quantitative estimate of drug-likeness (QED) is 0.396. The second-order valence-electron chi connectivity index (χ2n) is 10.4. The highest BCUT2D eigenvalue weighted by Gasteiger charge is 2.35. The van der Waals surface area contributed by atoms with Gasteiger partial charge in [-0.15, -0.1) is 11.3 Å². The number of nitrogens with zero attached hydrogens (tertiary/aromatic N) is 4. The molecule has 13 heteroatoms. The molecule has 0 spiro atoms. The lowest BCUT2D eigenvalue weighted by molar-refractivity contribution is -0.126. The van der Waals surface area contributed by atoms with Gasteiger partial charge in [-0.05, 0) is 30.9 Å². The second-order valence-corrected chi connectivity index (χ2v) is 13.4. The number of hydrogen-bond acceptors (Lipinski definition) is 8. The van der Waals surface area contributed by atoms with Crippen LogP contribution in [0.25, 0.3) is 10.2 Å². The van der Waals surface area contributed by atoms with E-state index in [4.69, 9.17) is 0 Å². The first-order valence-corrected chi connectivity index (χ1v) is 15.7. The summed E-state index contributed by atoms with van der Waals surface area (Å²) >= 11 is 1.03. The predicted octanol–water partition coefficient (Wildman–Crippen LogP) is 3.86. The largest absolute Gasteiger partial charge is 0.393 e. The molecule has 39 heavy (non-hydrogen) atoms. The summed E-state index contributed by atoms with van der Waals surface area (Å²) in [6.07, 6.45) is -0.211. The SMILES string of the molecule is CS(=O)(=O)N1CCCC1CNC1CN(Cc2ccccc2)CCC1Nc1ncnc2sc(CC(F)(F)F)cc12. The van der Waals surface area contributed by atoms with Gasteiger partial charge >= 0.3 is 6.18 Å². The number of piperidine rings is 1. The van der Waals surface area contributed by atoms with Crippen molar-refractivity contribution in [3.05, 3.63) is 53.2 Å². The highest BCUT2D eigenvalue weighted by molar-refractivity contribution is 7.88. The molecular formula is C26H33F3N6O2S2. The molecule has 4 heterocycles. The third kappa shape index (κ3) is 7.26. The molecule has 0 amide bonds. The minimum atomic E-state index is -4.29. The van der Waals surface area contributed by atoms with Crippen molar-refractivity contribution in [2.45, 2.75) is 56.5 Å². The lowest BCUT2D eigenvalue weighted by Crippen LogP contribution is -2.58. The van der Waals surface area contributed by atoms with E-state index in [1.807, 2.05) is 18.2 Å². The first-order chi connectivity index (χ1) is 18.5. The van der Waals surface area contributed by atoms with Crippen LogP contribution in [0.15, 0.2) is 42.7 Å². The molecule has 1 aromatic carbocycles. The third-order valence-corrected chi connectivity index (χ3v) is 9.76. The van der Waals surface area contributed by atoms with Gasteiger partial charge in [0.15, 0.2) is 0 Å². The number of anilines is 1. The minimum Gasteiger partial charge on any atom is -0.365 e. The van der Waals surface area contributed by atoms with Gasteiger partial charge in [0.2, 0.25) is 10.0 Å². The molecular weight excluding hydrogens is 549 g/mol. The zero-order valence-corrected chi connectivity index (χ0v) is 23.3. The van der Waals surface area contributed by atoms with Crippen LogP contribution >= 0.6 is 11.3 Å². The summed E-state index contributed by atoms with van der Waals surface area (Å²) in [5.41, 5.74) is 1.22. The number of benzene rings is 1. The summed E-state index contributed by atoms with van der Waals surface area (Å²) < 4.78 is 65.1. The molecule has 0 radical (unpaired) electrons. The van der Waals surface area contributed by atoms with Crippen molar-refractivity contribution in [1.29, 1.82) is 0 Å². The highest BCUT2D eigenvalue weighted by atomic mass is 32.2. The smallest absolute Gasteiger partial charge is 0.365 e. The first kappa shape index (κ1) is 28.2. The molecule has 0 bridgehead atoms. The molecule has 3 atom stereocenters. The van der Waals surface area contributed by atoms with E-state index >= 15 is 0 Å². The summed E-state index contributed by atoms with van der Waals surface area (Å²) in [5.74, 6) is 0.525. The number of likely N-dealkylation sites (tertiary alicyclic amines) is 1. The summed E-state index contributed by atoms with van der Waals surface area (Å²) in [6.45, 7) is 3.43. The molecule has 0 saturated carbocycles. The van der Waals surface area contributed by atoms with Crippen LogP contribution in [-0.2, 0) is 23.0 Å². The maximum absolute atomic E-state index is 13.0. The van der Waals surface area contributed by atoms with Crippen molar-refractivity contribution in [2.24, 2.45) is 0 Å². The van der Waals surface area contributed by atoms with Crippen molar-refractivity contribution in [3.63, 3.8) is 0 Å². The molecule has 2 N–H and O–H groups in total. The molecule has 2 fully saturated rings. The van der Waals surface area contributed by atoms with Gasteiger partial charge in [0.05, 0.1) is 18.1 Å². The van der Waals surface area contributed by atoms with Gasteiger partial charge in [-0.1, -0.05) is 30.3 Å². The summed E-state index contributed by atoms with van der Waals surface area (Å²) in [7, 11) is -3.28. The lowest BCUT2D eigenvalue weighted by Gasteiger charge is -2.40. The van der Waals surface area contributed by atoms with Crippen LogP contribution in [-0.4, -0.2) is 84.3 Å². The molecule has 2 aromatic heterocycles. The van der Waals surface area contributed by atoms with Gasteiger partial charge in [0, 0.05) is 55.7 Å². The Labute approximate surface area is 230 Å². The number of alkyl halides is 3. The van der Waals surface area contributed by atoms with E-state index in [2.05, 4.69) is 37.6 Å². The number of halogens is 3. The average Bonchev–Trinajstić information content (AvgIpc) is 3.51. The Morgan fingerprint density at radius 1 is 1.10 bits per heavy atom. The standard InChI is InChI=1S/C26H33F3N6O2S2/c1-39(36,37)35-10-5-8-19(35)14-30-23-16-34(15-18-6-3-2-4-7-18)11-9-22(23)33-24-21-12-20(13-26(27,28)29)38-25(21)32-17-31-24/h2-4,6-7,12,17,19,22-23,30H,5,8-11,13-16H2,1H3,(H,31,32,33). The number of sulfonamides is 1. The molecule has 5 rings (SSSR count). The fourth-order valence-corrected chi connectivity index (χ4v) is 7.81. The number of rotatable bonds is 9. The monoisotopic (exact) mass is 582 g/mol. The maximum Gasteiger partial charge on any atom is 0.393 e. The van der Waals surface area contributed by atoms with E-state index in [0.29, 0.717) is 29.1 Å². The molecule has 212 valence electrons. The number of thiophene rings is 1. The van der Waals surface area contributed by atoms with Crippen LogP contribution in [0.4, 0.5) is 19.0 Å². The number of aromatic nitrogens is 2. The van der Waals surface area contributed by atoms with Crippen LogP contribution in [0.3, 0.4) is 0 Å². The summed E-state index contributed by atoms with van der Waals surface area (Å²) in [4.78, 5) is 11.7.